The SMILES string of the molecule is CCCOc1ccc(C2=C(Nc3cccc(Cl)c3C)C(=O)N(Cc3ccccc3)C2=O)cc1. The summed E-state index contributed by atoms with van der Waals surface area (Å²) in [4.78, 5) is 28.2. The zero-order valence-electron chi connectivity index (χ0n) is 18.6. The van der Waals surface area contributed by atoms with Gasteiger partial charge in [0.2, 0.25) is 0 Å². The molecule has 1 aliphatic heterocycles. The van der Waals surface area contributed by atoms with Gasteiger partial charge in [-0.15, -0.1) is 0 Å². The molecule has 0 bridgehead atoms. The fourth-order valence-electron chi connectivity index (χ4n) is 3.68. The van der Waals surface area contributed by atoms with Crippen LogP contribution in [0.4, 0.5) is 5.69 Å². The number of benzene rings is 3. The summed E-state index contributed by atoms with van der Waals surface area (Å²) >= 11 is 6.28. The number of rotatable bonds is 8. The second-order valence-corrected chi connectivity index (χ2v) is 8.25. The Hall–Kier alpha value is -3.57. The molecule has 0 saturated heterocycles. The maximum Gasteiger partial charge on any atom is 0.278 e. The normalized spacial score (nSPS) is 13.6. The van der Waals surface area contributed by atoms with Gasteiger partial charge in [0.1, 0.15) is 11.4 Å². The van der Waals surface area contributed by atoms with Gasteiger partial charge in [0.05, 0.1) is 18.7 Å². The van der Waals surface area contributed by atoms with Crippen molar-refractivity contribution in [1.82, 2.24) is 4.90 Å². The lowest BCUT2D eigenvalue weighted by Crippen LogP contribution is -2.32. The summed E-state index contributed by atoms with van der Waals surface area (Å²) in [5.41, 5.74) is 3.58. The molecule has 168 valence electrons. The summed E-state index contributed by atoms with van der Waals surface area (Å²) in [6.07, 6.45) is 0.904. The van der Waals surface area contributed by atoms with E-state index in [0.29, 0.717) is 28.5 Å². The van der Waals surface area contributed by atoms with E-state index in [0.717, 1.165) is 23.3 Å². The first-order valence-electron chi connectivity index (χ1n) is 10.9. The van der Waals surface area contributed by atoms with E-state index in [1.165, 1.54) is 4.90 Å². The largest absolute Gasteiger partial charge is 0.494 e. The van der Waals surface area contributed by atoms with Crippen molar-refractivity contribution in [3.05, 3.63) is 100 Å². The van der Waals surface area contributed by atoms with E-state index in [4.69, 9.17) is 16.3 Å². The Kier molecular flexibility index (Phi) is 6.80. The number of anilines is 1. The van der Waals surface area contributed by atoms with Crippen molar-refractivity contribution in [2.75, 3.05) is 11.9 Å². The highest BCUT2D eigenvalue weighted by atomic mass is 35.5. The quantitative estimate of drug-likeness (QED) is 0.430. The van der Waals surface area contributed by atoms with E-state index in [1.54, 1.807) is 12.1 Å². The third-order valence-electron chi connectivity index (χ3n) is 5.49. The van der Waals surface area contributed by atoms with Crippen LogP contribution in [0.1, 0.15) is 30.0 Å². The number of hydrogen-bond donors (Lipinski definition) is 1. The predicted octanol–water partition coefficient (Wildman–Crippen LogP) is 5.83. The molecule has 5 nitrogen and oxygen atoms in total. The Balaban J connectivity index is 1.73. The number of ether oxygens (including phenoxy) is 1. The number of carbonyl (C=O) groups excluding carboxylic acids is 2. The van der Waals surface area contributed by atoms with E-state index in [2.05, 4.69) is 5.32 Å². The summed E-state index contributed by atoms with van der Waals surface area (Å²) in [5.74, 6) is 0.0112. The van der Waals surface area contributed by atoms with Crippen LogP contribution in [0, 0.1) is 6.92 Å². The smallest absolute Gasteiger partial charge is 0.278 e. The molecule has 2 amide bonds. The van der Waals surface area contributed by atoms with Crippen LogP contribution in [-0.4, -0.2) is 23.3 Å². The molecule has 3 aromatic carbocycles. The standard InChI is InChI=1S/C27H25ClN2O3/c1-3-16-33-21-14-12-20(13-15-21)24-25(29-23-11-7-10-22(28)18(23)2)27(32)30(26(24)31)17-19-8-5-4-6-9-19/h4-15,29H,3,16-17H2,1-2H3. The summed E-state index contributed by atoms with van der Waals surface area (Å²) in [6, 6.07) is 22.2. The first-order chi connectivity index (χ1) is 16.0. The first-order valence-corrected chi connectivity index (χ1v) is 11.3. The highest BCUT2D eigenvalue weighted by Gasteiger charge is 2.39. The molecule has 1 aliphatic rings. The second-order valence-electron chi connectivity index (χ2n) is 7.84. The predicted molar refractivity (Wildman–Crippen MR) is 131 cm³/mol. The van der Waals surface area contributed by atoms with Gasteiger partial charge in [-0.3, -0.25) is 14.5 Å². The maximum absolute atomic E-state index is 13.5. The van der Waals surface area contributed by atoms with Crippen LogP contribution in [0.3, 0.4) is 0 Å². The summed E-state index contributed by atoms with van der Waals surface area (Å²) < 4.78 is 5.66. The average molecular weight is 461 g/mol. The molecule has 0 atom stereocenters. The summed E-state index contributed by atoms with van der Waals surface area (Å²) in [6.45, 7) is 4.72. The molecule has 3 aromatic rings. The number of amides is 2. The van der Waals surface area contributed by atoms with E-state index in [1.807, 2.05) is 74.5 Å². The highest BCUT2D eigenvalue weighted by molar-refractivity contribution is 6.36. The third-order valence-corrected chi connectivity index (χ3v) is 5.90. The summed E-state index contributed by atoms with van der Waals surface area (Å²) in [7, 11) is 0. The molecule has 0 radical (unpaired) electrons. The van der Waals surface area contributed by atoms with E-state index in [-0.39, 0.29) is 24.1 Å². The Bertz CT molecular complexity index is 1200. The van der Waals surface area contributed by atoms with Gasteiger partial charge in [-0.2, -0.15) is 0 Å². The number of halogens is 1. The molecule has 1 N–H and O–H groups in total. The van der Waals surface area contributed by atoms with Crippen LogP contribution >= 0.6 is 11.6 Å². The molecule has 33 heavy (non-hydrogen) atoms. The number of hydrogen-bond acceptors (Lipinski definition) is 4. The van der Waals surface area contributed by atoms with Crippen molar-refractivity contribution in [2.45, 2.75) is 26.8 Å². The van der Waals surface area contributed by atoms with Gasteiger partial charge >= 0.3 is 0 Å². The zero-order valence-corrected chi connectivity index (χ0v) is 19.4. The minimum atomic E-state index is -0.371. The first kappa shape index (κ1) is 22.6. The van der Waals surface area contributed by atoms with E-state index in [9.17, 15) is 9.59 Å². The van der Waals surface area contributed by atoms with Crippen molar-refractivity contribution in [3.8, 4) is 5.75 Å². The number of carbonyl (C=O) groups is 2. The van der Waals surface area contributed by atoms with Crippen LogP contribution in [0.2, 0.25) is 5.02 Å². The molecule has 0 unspecified atom stereocenters. The van der Waals surface area contributed by atoms with Crippen molar-refractivity contribution in [2.24, 2.45) is 0 Å². The Morgan fingerprint density at radius 1 is 0.909 bits per heavy atom. The molecule has 1 heterocycles. The Morgan fingerprint density at radius 2 is 1.64 bits per heavy atom. The molecule has 6 heteroatoms. The van der Waals surface area contributed by atoms with Crippen molar-refractivity contribution < 1.29 is 14.3 Å². The average Bonchev–Trinajstić information content (AvgIpc) is 3.06. The van der Waals surface area contributed by atoms with E-state index >= 15 is 0 Å². The molecule has 0 spiro atoms. The van der Waals surface area contributed by atoms with E-state index < -0.39 is 0 Å². The van der Waals surface area contributed by atoms with Crippen LogP contribution in [0.5, 0.6) is 5.75 Å². The van der Waals surface area contributed by atoms with Gasteiger partial charge in [0, 0.05) is 10.7 Å². The van der Waals surface area contributed by atoms with Gasteiger partial charge in [-0.25, -0.2) is 0 Å². The Morgan fingerprint density at radius 3 is 2.33 bits per heavy atom. The Labute approximate surface area is 198 Å². The fraction of sp³-hybridized carbons (Fsp3) is 0.185. The lowest BCUT2D eigenvalue weighted by Gasteiger charge is -2.16. The molecule has 0 saturated carbocycles. The van der Waals surface area contributed by atoms with Crippen molar-refractivity contribution >= 4 is 34.7 Å². The zero-order chi connectivity index (χ0) is 23.4. The van der Waals surface area contributed by atoms with Crippen molar-refractivity contribution in [1.29, 1.82) is 0 Å². The van der Waals surface area contributed by atoms with Crippen molar-refractivity contribution in [3.63, 3.8) is 0 Å². The molecule has 0 fully saturated rings. The molecule has 0 aliphatic carbocycles. The lowest BCUT2D eigenvalue weighted by atomic mass is 10.0. The number of nitrogens with zero attached hydrogens (tertiary/aromatic N) is 1. The van der Waals surface area contributed by atoms with Gasteiger partial charge in [-0.05, 0) is 54.3 Å². The maximum atomic E-state index is 13.5. The number of imide groups is 1. The van der Waals surface area contributed by atoms with Gasteiger partial charge in [-0.1, -0.05) is 67.1 Å². The minimum Gasteiger partial charge on any atom is -0.494 e. The monoisotopic (exact) mass is 460 g/mol. The van der Waals surface area contributed by atoms with Gasteiger partial charge in [0.15, 0.2) is 0 Å². The fourth-order valence-corrected chi connectivity index (χ4v) is 3.86. The van der Waals surface area contributed by atoms with Crippen LogP contribution in [0.25, 0.3) is 5.57 Å². The lowest BCUT2D eigenvalue weighted by molar-refractivity contribution is -0.137. The van der Waals surface area contributed by atoms with Crippen LogP contribution in [-0.2, 0) is 16.1 Å². The summed E-state index contributed by atoms with van der Waals surface area (Å²) in [5, 5.41) is 3.78. The molecule has 0 aromatic heterocycles. The minimum absolute atomic E-state index is 0.194. The van der Waals surface area contributed by atoms with Crippen LogP contribution in [0.15, 0.2) is 78.5 Å². The highest BCUT2D eigenvalue weighted by Crippen LogP contribution is 2.34. The van der Waals surface area contributed by atoms with Gasteiger partial charge < -0.3 is 10.1 Å². The molecule has 4 rings (SSSR count). The number of nitrogens with one attached hydrogen (secondary N) is 1. The van der Waals surface area contributed by atoms with Crippen LogP contribution < -0.4 is 10.1 Å². The topological polar surface area (TPSA) is 58.6 Å². The molecular formula is C27H25ClN2O3. The second kappa shape index (κ2) is 9.92. The molecular weight excluding hydrogens is 436 g/mol. The van der Waals surface area contributed by atoms with Gasteiger partial charge in [0.25, 0.3) is 11.8 Å². The third kappa shape index (κ3) is 4.78.